The molecule has 3 rings (SSSR count). The Kier molecular flexibility index (Phi) is 5.16. The number of hydrogen-bond donors (Lipinski definition) is 1. The number of pyridine rings is 1. The van der Waals surface area contributed by atoms with Crippen molar-refractivity contribution < 1.29 is 4.79 Å². The van der Waals surface area contributed by atoms with Crippen molar-refractivity contribution in [3.05, 3.63) is 59.5 Å². The third-order valence-corrected chi connectivity index (χ3v) is 3.99. The van der Waals surface area contributed by atoms with Crippen molar-refractivity contribution in [3.8, 4) is 0 Å². The van der Waals surface area contributed by atoms with Crippen molar-refractivity contribution in [2.75, 3.05) is 0 Å². The first-order valence-electron chi connectivity index (χ1n) is 8.33. The van der Waals surface area contributed by atoms with Crippen LogP contribution < -0.4 is 0 Å². The topological polar surface area (TPSA) is 58.6 Å². The van der Waals surface area contributed by atoms with Gasteiger partial charge >= 0.3 is 0 Å². The van der Waals surface area contributed by atoms with E-state index in [1.807, 2.05) is 42.6 Å². The van der Waals surface area contributed by atoms with Crippen LogP contribution in [0, 0.1) is 0 Å². The molecule has 0 amide bonds. The molecule has 0 saturated carbocycles. The number of carbonyl (C=O) groups excluding carboxylic acids is 1. The van der Waals surface area contributed by atoms with Crippen molar-refractivity contribution in [3.63, 3.8) is 0 Å². The molecule has 1 N–H and O–H groups in total. The van der Waals surface area contributed by atoms with Gasteiger partial charge in [0.05, 0.1) is 11.2 Å². The molecule has 4 heteroatoms. The molecule has 0 unspecified atom stereocenters. The van der Waals surface area contributed by atoms with Gasteiger partial charge in [0.1, 0.15) is 5.78 Å². The Bertz CT molecular complexity index is 850. The third kappa shape index (κ3) is 3.96. The Hall–Kier alpha value is -2.75. The van der Waals surface area contributed by atoms with Crippen LogP contribution in [0.15, 0.2) is 42.7 Å². The third-order valence-electron chi connectivity index (χ3n) is 3.99. The minimum absolute atomic E-state index is 0.298. The van der Waals surface area contributed by atoms with E-state index in [9.17, 15) is 4.79 Å². The molecule has 0 saturated heterocycles. The Morgan fingerprint density at radius 1 is 1.25 bits per heavy atom. The molecule has 24 heavy (non-hydrogen) atoms. The zero-order valence-electron chi connectivity index (χ0n) is 13.8. The fraction of sp³-hybridized carbons (Fsp3) is 0.250. The largest absolute Gasteiger partial charge is 0.299 e. The minimum atomic E-state index is 0.298. The summed E-state index contributed by atoms with van der Waals surface area (Å²) < 4.78 is 0. The van der Waals surface area contributed by atoms with Gasteiger partial charge in [-0.3, -0.25) is 14.9 Å². The molecule has 0 aliphatic heterocycles. The summed E-state index contributed by atoms with van der Waals surface area (Å²) in [5.74, 6) is 0.298. The van der Waals surface area contributed by atoms with E-state index in [1.54, 1.807) is 6.20 Å². The van der Waals surface area contributed by atoms with Crippen LogP contribution in [0.4, 0.5) is 0 Å². The first-order chi connectivity index (χ1) is 11.8. The summed E-state index contributed by atoms with van der Waals surface area (Å²) in [6.45, 7) is 2.10. The van der Waals surface area contributed by atoms with E-state index in [0.29, 0.717) is 18.6 Å². The van der Waals surface area contributed by atoms with Gasteiger partial charge in [-0.1, -0.05) is 31.6 Å². The molecule has 0 bridgehead atoms. The van der Waals surface area contributed by atoms with Crippen LogP contribution >= 0.6 is 0 Å². The van der Waals surface area contributed by atoms with Crippen LogP contribution in [0.25, 0.3) is 23.1 Å². The fourth-order valence-corrected chi connectivity index (χ4v) is 2.66. The Balaban J connectivity index is 1.81. The van der Waals surface area contributed by atoms with Crippen LogP contribution in [-0.4, -0.2) is 21.0 Å². The standard InChI is InChI=1S/C20H21N3O/c1-2-3-6-17(24)12-16-8-10-20-18(13-16)19(22-23-20)9-7-15-5-4-11-21-14-15/h4-5,7-11,13-14H,2-3,6,12H2,1H3,(H,22,23)/b9-7+. The number of nitrogens with zero attached hydrogens (tertiary/aromatic N) is 2. The van der Waals surface area contributed by atoms with Crippen LogP contribution in [0.1, 0.15) is 43.0 Å². The number of H-pyrrole nitrogens is 1. The molecule has 2 heterocycles. The quantitative estimate of drug-likeness (QED) is 0.701. The highest BCUT2D eigenvalue weighted by Gasteiger charge is 2.07. The molecule has 0 aliphatic rings. The number of unbranched alkanes of at least 4 members (excludes halogenated alkanes) is 1. The molecule has 0 spiro atoms. The molecule has 122 valence electrons. The SMILES string of the molecule is CCCCC(=O)Cc1ccc2n[nH]c(/C=C/c3cccnc3)c2c1. The van der Waals surface area contributed by atoms with E-state index in [1.165, 1.54) is 0 Å². The average Bonchev–Trinajstić information content (AvgIpc) is 3.01. The van der Waals surface area contributed by atoms with Crippen LogP contribution in [0.5, 0.6) is 0 Å². The van der Waals surface area contributed by atoms with E-state index >= 15 is 0 Å². The van der Waals surface area contributed by atoms with Gasteiger partial charge in [0.25, 0.3) is 0 Å². The summed E-state index contributed by atoms with van der Waals surface area (Å²) in [6, 6.07) is 9.92. The molecule has 4 nitrogen and oxygen atoms in total. The molecule has 0 radical (unpaired) electrons. The number of nitrogens with one attached hydrogen (secondary N) is 1. The molecule has 2 aromatic heterocycles. The monoisotopic (exact) mass is 319 g/mol. The van der Waals surface area contributed by atoms with Gasteiger partial charge in [-0.25, -0.2) is 0 Å². The zero-order chi connectivity index (χ0) is 16.8. The van der Waals surface area contributed by atoms with Crippen molar-refractivity contribution in [2.45, 2.75) is 32.6 Å². The lowest BCUT2D eigenvalue weighted by atomic mass is 10.0. The number of ketones is 1. The molecule has 1 aromatic carbocycles. The average molecular weight is 319 g/mol. The summed E-state index contributed by atoms with van der Waals surface area (Å²) >= 11 is 0. The van der Waals surface area contributed by atoms with Crippen molar-refractivity contribution in [2.24, 2.45) is 0 Å². The number of rotatable bonds is 7. The second-order valence-electron chi connectivity index (χ2n) is 5.93. The van der Waals surface area contributed by atoms with E-state index in [-0.39, 0.29) is 0 Å². The molecule has 0 fully saturated rings. The highest BCUT2D eigenvalue weighted by Crippen LogP contribution is 2.20. The van der Waals surface area contributed by atoms with Crippen molar-refractivity contribution in [1.29, 1.82) is 0 Å². The molecule has 0 aliphatic carbocycles. The van der Waals surface area contributed by atoms with Crippen molar-refractivity contribution >= 4 is 28.8 Å². The Morgan fingerprint density at radius 2 is 2.17 bits per heavy atom. The number of aromatic nitrogens is 3. The van der Waals surface area contributed by atoms with Gasteiger partial charge in [0.2, 0.25) is 0 Å². The second-order valence-corrected chi connectivity index (χ2v) is 5.93. The molecular weight excluding hydrogens is 298 g/mol. The lowest BCUT2D eigenvalue weighted by Gasteiger charge is -2.01. The van der Waals surface area contributed by atoms with E-state index in [4.69, 9.17) is 0 Å². The fourth-order valence-electron chi connectivity index (χ4n) is 2.66. The number of Topliss-reactive ketones (excluding diaryl/α,β-unsaturated/α-hetero) is 1. The number of hydrogen-bond acceptors (Lipinski definition) is 3. The highest BCUT2D eigenvalue weighted by molar-refractivity contribution is 5.91. The summed E-state index contributed by atoms with van der Waals surface area (Å²) in [6.07, 6.45) is 10.7. The molecule has 3 aromatic rings. The minimum Gasteiger partial charge on any atom is -0.299 e. The summed E-state index contributed by atoms with van der Waals surface area (Å²) in [4.78, 5) is 16.1. The van der Waals surface area contributed by atoms with Crippen LogP contribution in [0.3, 0.4) is 0 Å². The van der Waals surface area contributed by atoms with Crippen LogP contribution in [-0.2, 0) is 11.2 Å². The van der Waals surface area contributed by atoms with Gasteiger partial charge in [0, 0.05) is 30.6 Å². The lowest BCUT2D eigenvalue weighted by Crippen LogP contribution is -2.02. The predicted octanol–water partition coefficient (Wildman–Crippen LogP) is 4.43. The first kappa shape index (κ1) is 16.1. The first-order valence-corrected chi connectivity index (χ1v) is 8.33. The van der Waals surface area contributed by atoms with Gasteiger partial charge in [0.15, 0.2) is 0 Å². The summed E-state index contributed by atoms with van der Waals surface area (Å²) in [5, 5.41) is 8.42. The smallest absolute Gasteiger partial charge is 0.137 e. The van der Waals surface area contributed by atoms with Crippen LogP contribution in [0.2, 0.25) is 0 Å². The summed E-state index contributed by atoms with van der Waals surface area (Å²) in [5.41, 5.74) is 3.93. The maximum Gasteiger partial charge on any atom is 0.137 e. The number of aromatic amines is 1. The van der Waals surface area contributed by atoms with Gasteiger partial charge in [-0.2, -0.15) is 5.10 Å². The Labute approximate surface area is 141 Å². The maximum atomic E-state index is 12.0. The number of benzene rings is 1. The summed E-state index contributed by atoms with van der Waals surface area (Å²) in [7, 11) is 0. The maximum absolute atomic E-state index is 12.0. The molecule has 0 atom stereocenters. The molecular formula is C20H21N3O. The van der Waals surface area contributed by atoms with E-state index in [2.05, 4.69) is 28.2 Å². The van der Waals surface area contributed by atoms with Gasteiger partial charge in [-0.05, 0) is 41.8 Å². The van der Waals surface area contributed by atoms with E-state index in [0.717, 1.165) is 40.6 Å². The van der Waals surface area contributed by atoms with E-state index < -0.39 is 0 Å². The number of fused-ring (bicyclic) bond motifs is 1. The Morgan fingerprint density at radius 3 is 2.96 bits per heavy atom. The second kappa shape index (κ2) is 7.68. The van der Waals surface area contributed by atoms with Crippen molar-refractivity contribution in [1.82, 2.24) is 15.2 Å². The lowest BCUT2D eigenvalue weighted by molar-refractivity contribution is -0.118. The normalized spacial score (nSPS) is 11.4. The highest BCUT2D eigenvalue weighted by atomic mass is 16.1. The number of carbonyl (C=O) groups is 1. The zero-order valence-corrected chi connectivity index (χ0v) is 13.8. The van der Waals surface area contributed by atoms with Gasteiger partial charge in [-0.15, -0.1) is 0 Å². The predicted molar refractivity (Wildman–Crippen MR) is 97.5 cm³/mol. The van der Waals surface area contributed by atoms with Gasteiger partial charge < -0.3 is 0 Å².